The van der Waals surface area contributed by atoms with Crippen LogP contribution in [0.1, 0.15) is 36.7 Å². The van der Waals surface area contributed by atoms with Crippen molar-refractivity contribution in [2.75, 3.05) is 36.9 Å². The summed E-state index contributed by atoms with van der Waals surface area (Å²) in [5.74, 6) is 0.114. The van der Waals surface area contributed by atoms with Crippen LogP contribution in [0.25, 0.3) is 0 Å². The van der Waals surface area contributed by atoms with E-state index in [-0.39, 0.29) is 11.8 Å². The van der Waals surface area contributed by atoms with Gasteiger partial charge in [-0.05, 0) is 29.8 Å². The van der Waals surface area contributed by atoms with Crippen molar-refractivity contribution in [3.8, 4) is 0 Å². The average Bonchev–Trinajstić information content (AvgIpc) is 2.70. The number of pyridine rings is 1. The van der Waals surface area contributed by atoms with Crippen molar-refractivity contribution in [2.24, 2.45) is 5.41 Å². The highest BCUT2D eigenvalue weighted by molar-refractivity contribution is 6.05. The molecule has 1 aromatic heterocycles. The van der Waals surface area contributed by atoms with Crippen LogP contribution in [0.2, 0.25) is 0 Å². The zero-order valence-electron chi connectivity index (χ0n) is 17.2. The number of rotatable bonds is 5. The number of morpholine rings is 1. The fourth-order valence-electron chi connectivity index (χ4n) is 2.85. The summed E-state index contributed by atoms with van der Waals surface area (Å²) < 4.78 is 5.36. The van der Waals surface area contributed by atoms with Crippen LogP contribution in [0.4, 0.5) is 11.5 Å². The maximum absolute atomic E-state index is 12.6. The summed E-state index contributed by atoms with van der Waals surface area (Å²) in [6.45, 7) is 9.70. The molecule has 1 aliphatic rings. The van der Waals surface area contributed by atoms with Gasteiger partial charge in [0.15, 0.2) is 0 Å². The standard InChI is InChI=1S/C22H28N4O3/c1-22(2,3)21(28)24-18-6-4-5-17(13-18)20(27)25-19-8-7-16(14-23-19)15-26-9-11-29-12-10-26/h4-8,13-14H,9-12,15H2,1-3H3,(H,24,28)(H,23,25,27). The lowest BCUT2D eigenvalue weighted by Crippen LogP contribution is -2.35. The van der Waals surface area contributed by atoms with Crippen LogP contribution in [0.5, 0.6) is 0 Å². The molecular weight excluding hydrogens is 368 g/mol. The first-order valence-electron chi connectivity index (χ1n) is 9.79. The monoisotopic (exact) mass is 396 g/mol. The van der Waals surface area contributed by atoms with Gasteiger partial charge in [0.1, 0.15) is 5.82 Å². The van der Waals surface area contributed by atoms with Crippen LogP contribution in [0.3, 0.4) is 0 Å². The number of benzene rings is 1. The Morgan fingerprint density at radius 3 is 2.52 bits per heavy atom. The summed E-state index contributed by atoms with van der Waals surface area (Å²) in [7, 11) is 0. The Balaban J connectivity index is 1.59. The van der Waals surface area contributed by atoms with E-state index in [2.05, 4.69) is 20.5 Å². The molecule has 2 N–H and O–H groups in total. The molecule has 2 amide bonds. The third kappa shape index (κ3) is 6.10. The summed E-state index contributed by atoms with van der Waals surface area (Å²) in [4.78, 5) is 31.4. The fourth-order valence-corrected chi connectivity index (χ4v) is 2.85. The van der Waals surface area contributed by atoms with Crippen LogP contribution in [-0.4, -0.2) is 48.0 Å². The van der Waals surface area contributed by atoms with Crippen LogP contribution >= 0.6 is 0 Å². The SMILES string of the molecule is CC(C)(C)C(=O)Nc1cccc(C(=O)Nc2ccc(CN3CCOCC3)cn2)c1. The van der Waals surface area contributed by atoms with Gasteiger partial charge in [0.2, 0.25) is 5.91 Å². The number of aromatic nitrogens is 1. The minimum atomic E-state index is -0.509. The molecule has 3 rings (SSSR count). The largest absolute Gasteiger partial charge is 0.379 e. The second kappa shape index (κ2) is 9.15. The Morgan fingerprint density at radius 1 is 1.10 bits per heavy atom. The Bertz CT molecular complexity index is 853. The molecule has 7 nitrogen and oxygen atoms in total. The first kappa shape index (κ1) is 21.0. The smallest absolute Gasteiger partial charge is 0.256 e. The molecule has 1 aliphatic heterocycles. The van der Waals surface area contributed by atoms with Crippen LogP contribution in [-0.2, 0) is 16.1 Å². The minimum absolute atomic E-state index is 0.104. The minimum Gasteiger partial charge on any atom is -0.379 e. The molecule has 0 bridgehead atoms. The molecule has 0 aliphatic carbocycles. The Kier molecular flexibility index (Phi) is 6.61. The maximum atomic E-state index is 12.6. The summed E-state index contributed by atoms with van der Waals surface area (Å²) in [5.41, 5.74) is 1.63. The number of hydrogen-bond acceptors (Lipinski definition) is 5. The van der Waals surface area contributed by atoms with Gasteiger partial charge in [0, 0.05) is 42.5 Å². The molecule has 0 saturated carbocycles. The Hall–Kier alpha value is -2.77. The summed E-state index contributed by atoms with van der Waals surface area (Å²) in [6.07, 6.45) is 1.78. The molecular formula is C22H28N4O3. The first-order valence-corrected chi connectivity index (χ1v) is 9.79. The van der Waals surface area contributed by atoms with Crippen LogP contribution in [0.15, 0.2) is 42.6 Å². The summed E-state index contributed by atoms with van der Waals surface area (Å²) >= 11 is 0. The molecule has 1 aromatic carbocycles. The van der Waals surface area contributed by atoms with E-state index >= 15 is 0 Å². The van der Waals surface area contributed by atoms with E-state index in [4.69, 9.17) is 4.74 Å². The quantitative estimate of drug-likeness (QED) is 0.811. The molecule has 2 heterocycles. The van der Waals surface area contributed by atoms with Gasteiger partial charge in [-0.1, -0.05) is 32.9 Å². The van der Waals surface area contributed by atoms with Gasteiger partial charge >= 0.3 is 0 Å². The predicted molar refractivity (Wildman–Crippen MR) is 113 cm³/mol. The van der Waals surface area contributed by atoms with Gasteiger partial charge < -0.3 is 15.4 Å². The number of nitrogens with one attached hydrogen (secondary N) is 2. The van der Waals surface area contributed by atoms with E-state index < -0.39 is 5.41 Å². The molecule has 0 spiro atoms. The highest BCUT2D eigenvalue weighted by Gasteiger charge is 2.21. The molecule has 29 heavy (non-hydrogen) atoms. The van der Waals surface area contributed by atoms with E-state index in [1.54, 1.807) is 36.5 Å². The van der Waals surface area contributed by atoms with Crippen LogP contribution in [0, 0.1) is 5.41 Å². The highest BCUT2D eigenvalue weighted by atomic mass is 16.5. The lowest BCUT2D eigenvalue weighted by atomic mass is 9.95. The van der Waals surface area contributed by atoms with Gasteiger partial charge in [-0.25, -0.2) is 4.98 Å². The van der Waals surface area contributed by atoms with Gasteiger partial charge in [0.05, 0.1) is 13.2 Å². The van der Waals surface area contributed by atoms with Gasteiger partial charge in [0.25, 0.3) is 5.91 Å². The van der Waals surface area contributed by atoms with Crippen molar-refractivity contribution in [2.45, 2.75) is 27.3 Å². The molecule has 0 unspecified atom stereocenters. The number of anilines is 2. The highest BCUT2D eigenvalue weighted by Crippen LogP contribution is 2.19. The summed E-state index contributed by atoms with van der Waals surface area (Å²) in [6, 6.07) is 10.6. The number of nitrogens with zero attached hydrogens (tertiary/aromatic N) is 2. The topological polar surface area (TPSA) is 83.6 Å². The number of amides is 2. The second-order valence-electron chi connectivity index (χ2n) is 8.18. The Morgan fingerprint density at radius 2 is 1.86 bits per heavy atom. The molecule has 0 atom stereocenters. The predicted octanol–water partition coefficient (Wildman–Crippen LogP) is 3.15. The lowest BCUT2D eigenvalue weighted by Gasteiger charge is -2.26. The van der Waals surface area contributed by atoms with Crippen molar-refractivity contribution in [3.63, 3.8) is 0 Å². The van der Waals surface area contributed by atoms with Gasteiger partial charge in [-0.2, -0.15) is 0 Å². The molecule has 0 radical (unpaired) electrons. The number of hydrogen-bond donors (Lipinski definition) is 2. The maximum Gasteiger partial charge on any atom is 0.256 e. The third-order valence-corrected chi connectivity index (χ3v) is 4.64. The lowest BCUT2D eigenvalue weighted by molar-refractivity contribution is -0.123. The average molecular weight is 396 g/mol. The van der Waals surface area contributed by atoms with Crippen LogP contribution < -0.4 is 10.6 Å². The van der Waals surface area contributed by atoms with Crippen molar-refractivity contribution < 1.29 is 14.3 Å². The molecule has 7 heteroatoms. The fraction of sp³-hybridized carbons (Fsp3) is 0.409. The van der Waals surface area contributed by atoms with E-state index in [1.165, 1.54) is 0 Å². The molecule has 2 aromatic rings. The van der Waals surface area contributed by atoms with E-state index in [9.17, 15) is 9.59 Å². The van der Waals surface area contributed by atoms with E-state index in [0.717, 1.165) is 38.4 Å². The summed E-state index contributed by atoms with van der Waals surface area (Å²) in [5, 5.41) is 5.64. The third-order valence-electron chi connectivity index (χ3n) is 4.64. The van der Waals surface area contributed by atoms with Crippen molar-refractivity contribution in [1.29, 1.82) is 0 Å². The molecule has 154 valence electrons. The molecule has 1 fully saturated rings. The number of carbonyl (C=O) groups is 2. The zero-order chi connectivity index (χ0) is 20.9. The van der Waals surface area contributed by atoms with E-state index in [0.29, 0.717) is 17.1 Å². The first-order chi connectivity index (χ1) is 13.8. The Labute approximate surface area is 171 Å². The van der Waals surface area contributed by atoms with Crippen molar-refractivity contribution in [3.05, 3.63) is 53.7 Å². The van der Waals surface area contributed by atoms with Crippen molar-refractivity contribution in [1.82, 2.24) is 9.88 Å². The second-order valence-corrected chi connectivity index (χ2v) is 8.18. The van der Waals surface area contributed by atoms with Gasteiger partial charge in [-0.15, -0.1) is 0 Å². The van der Waals surface area contributed by atoms with Gasteiger partial charge in [-0.3, -0.25) is 14.5 Å². The normalized spacial score (nSPS) is 15.0. The van der Waals surface area contributed by atoms with E-state index in [1.807, 2.05) is 26.8 Å². The van der Waals surface area contributed by atoms with Crippen molar-refractivity contribution >= 4 is 23.3 Å². The zero-order valence-corrected chi connectivity index (χ0v) is 17.2. The number of carbonyl (C=O) groups excluding carboxylic acids is 2. The number of ether oxygens (including phenoxy) is 1. The molecule has 1 saturated heterocycles.